The van der Waals surface area contributed by atoms with E-state index in [1.165, 1.54) is 0 Å². The minimum Gasteiger partial charge on any atom is -0.389 e. The van der Waals surface area contributed by atoms with Gasteiger partial charge in [0.1, 0.15) is 10.8 Å². The molecule has 3 nitrogen and oxygen atoms in total. The van der Waals surface area contributed by atoms with Crippen LogP contribution in [0.2, 0.25) is 0 Å². The van der Waals surface area contributed by atoms with E-state index >= 15 is 0 Å². The average molecular weight is 255 g/mol. The zero-order valence-corrected chi connectivity index (χ0v) is 11.2. The quantitative estimate of drug-likeness (QED) is 0.764. The third-order valence-corrected chi connectivity index (χ3v) is 3.07. The molecule has 0 bridgehead atoms. The van der Waals surface area contributed by atoms with Crippen molar-refractivity contribution in [2.45, 2.75) is 19.4 Å². The van der Waals surface area contributed by atoms with Crippen molar-refractivity contribution in [3.8, 4) is 0 Å². The Hall–Kier alpha value is -0.810. The molecule has 0 fully saturated rings. The number of thiocarbonyl (C=S) groups is 1. The first-order valence-corrected chi connectivity index (χ1v) is 6.95. The molecule has 1 atom stereocenters. The number of rotatable bonds is 6. The van der Waals surface area contributed by atoms with E-state index in [0.717, 1.165) is 23.6 Å². The van der Waals surface area contributed by atoms with Crippen LogP contribution in [0.25, 0.3) is 0 Å². The third-order valence-electron chi connectivity index (χ3n) is 2.19. The van der Waals surface area contributed by atoms with Gasteiger partial charge in [0.15, 0.2) is 0 Å². The Morgan fingerprint density at radius 3 is 3.06 bits per heavy atom. The monoisotopic (exact) mass is 255 g/mol. The first-order valence-electron chi connectivity index (χ1n) is 5.15. The maximum atomic E-state index is 5.57. The highest BCUT2D eigenvalue weighted by Gasteiger charge is 2.04. The van der Waals surface area contributed by atoms with E-state index in [4.69, 9.17) is 18.0 Å². The van der Waals surface area contributed by atoms with Gasteiger partial charge in [-0.05, 0) is 37.5 Å². The van der Waals surface area contributed by atoms with E-state index in [0.29, 0.717) is 11.0 Å². The Morgan fingerprint density at radius 1 is 1.69 bits per heavy atom. The molecule has 88 valence electrons. The Balaban J connectivity index is 2.59. The van der Waals surface area contributed by atoms with Crippen LogP contribution in [-0.4, -0.2) is 28.0 Å². The lowest BCUT2D eigenvalue weighted by Crippen LogP contribution is -2.17. The molecule has 1 heterocycles. The van der Waals surface area contributed by atoms with Crippen molar-refractivity contribution < 1.29 is 0 Å². The molecule has 1 unspecified atom stereocenters. The van der Waals surface area contributed by atoms with Crippen molar-refractivity contribution in [3.05, 3.63) is 23.9 Å². The van der Waals surface area contributed by atoms with Gasteiger partial charge >= 0.3 is 0 Å². The Morgan fingerprint density at radius 2 is 2.44 bits per heavy atom. The molecule has 1 rings (SSSR count). The normalized spacial score (nSPS) is 12.1. The van der Waals surface area contributed by atoms with E-state index in [1.807, 2.05) is 23.9 Å². The molecule has 1 aromatic rings. The summed E-state index contributed by atoms with van der Waals surface area (Å²) in [5.41, 5.74) is 6.42. The molecule has 0 saturated carbocycles. The first-order chi connectivity index (χ1) is 7.63. The molecule has 5 heteroatoms. The van der Waals surface area contributed by atoms with Crippen LogP contribution in [0, 0.1) is 0 Å². The maximum Gasteiger partial charge on any atom is 0.126 e. The van der Waals surface area contributed by atoms with Gasteiger partial charge < -0.3 is 11.1 Å². The lowest BCUT2D eigenvalue weighted by molar-refractivity contribution is 0.767. The predicted molar refractivity (Wildman–Crippen MR) is 76.2 cm³/mol. The van der Waals surface area contributed by atoms with Crippen LogP contribution < -0.4 is 11.1 Å². The van der Waals surface area contributed by atoms with Crippen molar-refractivity contribution in [2.24, 2.45) is 5.73 Å². The Bertz CT molecular complexity index is 355. The van der Waals surface area contributed by atoms with Crippen LogP contribution in [0.1, 0.15) is 18.9 Å². The number of nitrogens with zero attached hydrogens (tertiary/aromatic N) is 1. The minimum atomic E-state index is 0.404. The average Bonchev–Trinajstić information content (AvgIpc) is 2.26. The number of nitrogens with one attached hydrogen (secondary N) is 1. The van der Waals surface area contributed by atoms with Crippen LogP contribution in [0.15, 0.2) is 18.3 Å². The molecule has 0 spiro atoms. The number of aromatic nitrogens is 1. The number of hydrogen-bond donors (Lipinski definition) is 2. The Labute approximate surface area is 106 Å². The highest BCUT2D eigenvalue weighted by Crippen LogP contribution is 2.10. The summed E-state index contributed by atoms with van der Waals surface area (Å²) >= 11 is 6.77. The van der Waals surface area contributed by atoms with Crippen molar-refractivity contribution in [2.75, 3.05) is 17.3 Å². The summed E-state index contributed by atoms with van der Waals surface area (Å²) in [6, 6.07) is 4.11. The maximum absolute atomic E-state index is 5.57. The predicted octanol–water partition coefficient (Wildman–Crippen LogP) is 2.27. The summed E-state index contributed by atoms with van der Waals surface area (Å²) in [7, 11) is 0. The van der Waals surface area contributed by atoms with Crippen molar-refractivity contribution >= 4 is 34.8 Å². The van der Waals surface area contributed by atoms with Crippen molar-refractivity contribution in [3.63, 3.8) is 0 Å². The highest BCUT2D eigenvalue weighted by molar-refractivity contribution is 7.98. The molecule has 0 radical (unpaired) electrons. The first kappa shape index (κ1) is 13.3. The van der Waals surface area contributed by atoms with E-state index in [2.05, 4.69) is 23.5 Å². The van der Waals surface area contributed by atoms with Gasteiger partial charge in [0.25, 0.3) is 0 Å². The minimum absolute atomic E-state index is 0.404. The molecular weight excluding hydrogens is 238 g/mol. The number of pyridine rings is 1. The molecule has 0 amide bonds. The van der Waals surface area contributed by atoms with Crippen LogP contribution >= 0.6 is 24.0 Å². The summed E-state index contributed by atoms with van der Waals surface area (Å²) in [6.45, 7) is 2.14. The van der Waals surface area contributed by atoms with Gasteiger partial charge in [0, 0.05) is 17.8 Å². The second-order valence-electron chi connectivity index (χ2n) is 3.62. The molecule has 0 aliphatic carbocycles. The van der Waals surface area contributed by atoms with E-state index in [1.54, 1.807) is 6.20 Å². The fourth-order valence-corrected chi connectivity index (χ4v) is 2.00. The number of thioether (sulfide) groups is 1. The third kappa shape index (κ3) is 4.37. The molecule has 16 heavy (non-hydrogen) atoms. The van der Waals surface area contributed by atoms with Crippen LogP contribution in [0.4, 0.5) is 5.82 Å². The van der Waals surface area contributed by atoms with Gasteiger partial charge in [0.2, 0.25) is 0 Å². The van der Waals surface area contributed by atoms with Crippen molar-refractivity contribution in [1.82, 2.24) is 4.98 Å². The van der Waals surface area contributed by atoms with E-state index in [-0.39, 0.29) is 0 Å². The Kier molecular flexibility index (Phi) is 5.55. The van der Waals surface area contributed by atoms with Crippen molar-refractivity contribution in [1.29, 1.82) is 0 Å². The molecular formula is C11H17N3S2. The second-order valence-corrected chi connectivity index (χ2v) is 5.05. The smallest absolute Gasteiger partial charge is 0.126 e. The molecule has 0 aliphatic rings. The number of hydrogen-bond acceptors (Lipinski definition) is 4. The molecule has 1 aromatic heterocycles. The fourth-order valence-electron chi connectivity index (χ4n) is 1.28. The van der Waals surface area contributed by atoms with Gasteiger partial charge in [0.05, 0.1) is 0 Å². The molecule has 0 aromatic carbocycles. The summed E-state index contributed by atoms with van der Waals surface area (Å²) in [6.07, 6.45) is 4.94. The lowest BCUT2D eigenvalue weighted by atomic mass is 10.2. The summed E-state index contributed by atoms with van der Waals surface area (Å²) < 4.78 is 0. The van der Waals surface area contributed by atoms with Gasteiger partial charge in [-0.2, -0.15) is 11.8 Å². The zero-order valence-electron chi connectivity index (χ0n) is 9.56. The topological polar surface area (TPSA) is 50.9 Å². The standard InChI is InChI=1S/C11H17N3S2/c1-8(4-6-16-2)14-10-7-9(11(12)15)3-5-13-10/h3,5,7-8H,4,6H2,1-2H3,(H2,12,15)(H,13,14). The van der Waals surface area contributed by atoms with Crippen LogP contribution in [0.3, 0.4) is 0 Å². The second kappa shape index (κ2) is 6.70. The van der Waals surface area contributed by atoms with Gasteiger partial charge in [-0.15, -0.1) is 0 Å². The highest BCUT2D eigenvalue weighted by atomic mass is 32.2. The molecule has 0 aliphatic heterocycles. The summed E-state index contributed by atoms with van der Waals surface area (Å²) in [4.78, 5) is 4.64. The SMILES string of the molecule is CSCCC(C)Nc1cc(C(N)=S)ccn1. The fraction of sp³-hybridized carbons (Fsp3) is 0.455. The molecule has 0 saturated heterocycles. The van der Waals surface area contributed by atoms with Gasteiger partial charge in [-0.25, -0.2) is 4.98 Å². The number of nitrogens with two attached hydrogens (primary N) is 1. The van der Waals surface area contributed by atoms with Gasteiger partial charge in [-0.3, -0.25) is 0 Å². The lowest BCUT2D eigenvalue weighted by Gasteiger charge is -2.14. The number of anilines is 1. The van der Waals surface area contributed by atoms with E-state index in [9.17, 15) is 0 Å². The largest absolute Gasteiger partial charge is 0.389 e. The van der Waals surface area contributed by atoms with Crippen LogP contribution in [0.5, 0.6) is 0 Å². The van der Waals surface area contributed by atoms with Crippen LogP contribution in [-0.2, 0) is 0 Å². The summed E-state index contributed by atoms with van der Waals surface area (Å²) in [5, 5.41) is 3.33. The van der Waals surface area contributed by atoms with Gasteiger partial charge in [-0.1, -0.05) is 12.2 Å². The van der Waals surface area contributed by atoms with E-state index < -0.39 is 0 Å². The molecule has 3 N–H and O–H groups in total. The zero-order chi connectivity index (χ0) is 12.0. The summed E-state index contributed by atoms with van der Waals surface area (Å²) in [5.74, 6) is 1.97.